The molecule has 1 aromatic rings. The Bertz CT molecular complexity index is 734. The third-order valence-electron chi connectivity index (χ3n) is 6.79. The number of carbonyl (C=O) groups excluding carboxylic acids is 2. The Kier molecular flexibility index (Phi) is 5.74. The SMILES string of the molecule is Cc1ncsc1CN1C[C@H]2C[C@@H](C1)[C@H](CNC(=O)C(C)C)N1C(=O)CCC[C@@H]21. The van der Waals surface area contributed by atoms with E-state index in [9.17, 15) is 9.59 Å². The first kappa shape index (κ1) is 19.8. The van der Waals surface area contributed by atoms with Gasteiger partial charge in [0.15, 0.2) is 0 Å². The van der Waals surface area contributed by atoms with Gasteiger partial charge in [0.05, 0.1) is 17.2 Å². The van der Waals surface area contributed by atoms with Crippen LogP contribution in [0.15, 0.2) is 5.51 Å². The van der Waals surface area contributed by atoms with Crippen molar-refractivity contribution in [1.29, 1.82) is 0 Å². The van der Waals surface area contributed by atoms with Crippen LogP contribution in [-0.2, 0) is 16.1 Å². The third-order valence-corrected chi connectivity index (χ3v) is 7.71. The summed E-state index contributed by atoms with van der Waals surface area (Å²) in [7, 11) is 0. The molecular formula is C21H32N4O2S. The number of aryl methyl sites for hydroxylation is 1. The zero-order chi connectivity index (χ0) is 19.8. The van der Waals surface area contributed by atoms with Gasteiger partial charge in [-0.1, -0.05) is 13.8 Å². The van der Waals surface area contributed by atoms with Crippen LogP contribution in [0.25, 0.3) is 0 Å². The zero-order valence-electron chi connectivity index (χ0n) is 17.2. The number of fused-ring (bicyclic) bond motifs is 4. The molecule has 4 atom stereocenters. The van der Waals surface area contributed by atoms with E-state index < -0.39 is 0 Å². The molecule has 3 fully saturated rings. The summed E-state index contributed by atoms with van der Waals surface area (Å²) in [5.74, 6) is 1.32. The number of likely N-dealkylation sites (tertiary alicyclic amines) is 1. The van der Waals surface area contributed by atoms with Gasteiger partial charge in [0.1, 0.15) is 0 Å². The van der Waals surface area contributed by atoms with Crippen molar-refractivity contribution in [2.24, 2.45) is 17.8 Å². The molecule has 0 unspecified atom stereocenters. The summed E-state index contributed by atoms with van der Waals surface area (Å²) >= 11 is 1.74. The second-order valence-corrected chi connectivity index (χ2v) is 9.98. The number of carbonyl (C=O) groups is 2. The fourth-order valence-electron chi connectivity index (χ4n) is 5.35. The summed E-state index contributed by atoms with van der Waals surface area (Å²) in [5.41, 5.74) is 3.07. The maximum atomic E-state index is 12.8. The summed E-state index contributed by atoms with van der Waals surface area (Å²) < 4.78 is 0. The number of aromatic nitrogens is 1. The van der Waals surface area contributed by atoms with Gasteiger partial charge < -0.3 is 10.2 Å². The van der Waals surface area contributed by atoms with E-state index in [1.165, 1.54) is 11.3 Å². The van der Waals surface area contributed by atoms with Crippen molar-refractivity contribution in [2.45, 2.75) is 65.1 Å². The first-order chi connectivity index (χ1) is 13.4. The fraction of sp³-hybridized carbons (Fsp3) is 0.762. The van der Waals surface area contributed by atoms with Crippen molar-refractivity contribution in [3.05, 3.63) is 16.1 Å². The lowest BCUT2D eigenvalue weighted by Gasteiger charge is -2.56. The second kappa shape index (κ2) is 8.11. The lowest BCUT2D eigenvalue weighted by Crippen LogP contribution is -2.67. The van der Waals surface area contributed by atoms with Gasteiger partial charge in [-0.3, -0.25) is 14.5 Å². The Labute approximate surface area is 171 Å². The minimum Gasteiger partial charge on any atom is -0.354 e. The van der Waals surface area contributed by atoms with Crippen LogP contribution in [0.1, 0.15) is 50.1 Å². The molecule has 0 aromatic carbocycles. The van der Waals surface area contributed by atoms with Crippen molar-refractivity contribution >= 4 is 23.2 Å². The van der Waals surface area contributed by atoms with Gasteiger partial charge in [-0.15, -0.1) is 11.3 Å². The molecule has 2 amide bonds. The second-order valence-electron chi connectivity index (χ2n) is 9.04. The number of piperidine rings is 3. The first-order valence-corrected chi connectivity index (χ1v) is 11.5. The minimum atomic E-state index is -0.0265. The van der Waals surface area contributed by atoms with Crippen LogP contribution in [0.2, 0.25) is 0 Å². The number of amides is 2. The molecule has 4 heterocycles. The number of thiazole rings is 1. The molecule has 1 N–H and O–H groups in total. The Morgan fingerprint density at radius 3 is 2.86 bits per heavy atom. The third kappa shape index (κ3) is 3.83. The lowest BCUT2D eigenvalue weighted by atomic mass is 9.72. The molecule has 0 aliphatic carbocycles. The van der Waals surface area contributed by atoms with E-state index in [1.807, 2.05) is 19.4 Å². The largest absolute Gasteiger partial charge is 0.354 e. The van der Waals surface area contributed by atoms with Crippen LogP contribution in [0.5, 0.6) is 0 Å². The van der Waals surface area contributed by atoms with Crippen LogP contribution in [-0.4, -0.2) is 58.3 Å². The van der Waals surface area contributed by atoms with Gasteiger partial charge in [0, 0.05) is 49.4 Å². The molecule has 154 valence electrons. The Morgan fingerprint density at radius 2 is 2.14 bits per heavy atom. The van der Waals surface area contributed by atoms with Crippen LogP contribution in [0, 0.1) is 24.7 Å². The molecule has 28 heavy (non-hydrogen) atoms. The highest BCUT2D eigenvalue weighted by molar-refractivity contribution is 7.09. The molecule has 7 heteroatoms. The zero-order valence-corrected chi connectivity index (χ0v) is 18.0. The van der Waals surface area contributed by atoms with E-state index in [2.05, 4.69) is 27.0 Å². The van der Waals surface area contributed by atoms with Gasteiger partial charge >= 0.3 is 0 Å². The molecule has 3 aliphatic rings. The first-order valence-electron chi connectivity index (χ1n) is 10.6. The van der Waals surface area contributed by atoms with Crippen molar-refractivity contribution in [3.8, 4) is 0 Å². The number of rotatable bonds is 5. The number of hydrogen-bond acceptors (Lipinski definition) is 5. The van der Waals surface area contributed by atoms with Crippen LogP contribution < -0.4 is 5.32 Å². The summed E-state index contributed by atoms with van der Waals surface area (Å²) in [6.07, 6.45) is 3.94. The molecule has 0 radical (unpaired) electrons. The van der Waals surface area contributed by atoms with Crippen molar-refractivity contribution in [3.63, 3.8) is 0 Å². The van der Waals surface area contributed by atoms with E-state index in [0.717, 1.165) is 38.2 Å². The molecule has 6 nitrogen and oxygen atoms in total. The Morgan fingerprint density at radius 1 is 1.36 bits per heavy atom. The molecule has 3 saturated heterocycles. The van der Waals surface area contributed by atoms with Crippen LogP contribution in [0.4, 0.5) is 0 Å². The Hall–Kier alpha value is -1.47. The van der Waals surface area contributed by atoms with E-state index in [-0.39, 0.29) is 17.9 Å². The number of nitrogens with one attached hydrogen (secondary N) is 1. The summed E-state index contributed by atoms with van der Waals surface area (Å²) in [6.45, 7) is 9.52. The van der Waals surface area contributed by atoms with E-state index in [0.29, 0.717) is 36.8 Å². The van der Waals surface area contributed by atoms with Gasteiger partial charge in [-0.05, 0) is 38.0 Å². The minimum absolute atomic E-state index is 0.0265. The molecule has 0 saturated carbocycles. The maximum Gasteiger partial charge on any atom is 0.223 e. The summed E-state index contributed by atoms with van der Waals surface area (Å²) in [4.78, 5) is 35.5. The topological polar surface area (TPSA) is 65.5 Å². The fourth-order valence-corrected chi connectivity index (χ4v) is 6.17. The van der Waals surface area contributed by atoms with E-state index >= 15 is 0 Å². The quantitative estimate of drug-likeness (QED) is 0.819. The highest BCUT2D eigenvalue weighted by Gasteiger charge is 2.49. The highest BCUT2D eigenvalue weighted by atomic mass is 32.1. The average Bonchev–Trinajstić information content (AvgIpc) is 3.06. The van der Waals surface area contributed by atoms with Gasteiger partial charge in [0.2, 0.25) is 11.8 Å². The monoisotopic (exact) mass is 404 g/mol. The van der Waals surface area contributed by atoms with Crippen molar-refractivity contribution < 1.29 is 9.59 Å². The van der Waals surface area contributed by atoms with Crippen LogP contribution in [0.3, 0.4) is 0 Å². The Balaban J connectivity index is 1.53. The molecule has 3 aliphatic heterocycles. The standard InChI is InChI=1S/C21H32N4O2S/c1-13(2)21(27)22-8-18-16-7-15(17-5-4-6-20(26)25(17)18)9-24(10-16)11-19-14(3)23-12-28-19/h12-13,15-18H,4-11H2,1-3H3,(H,22,27)/t15-,16+,17+,18+/m1/s1. The lowest BCUT2D eigenvalue weighted by molar-refractivity contribution is -0.153. The predicted molar refractivity (Wildman–Crippen MR) is 110 cm³/mol. The normalized spacial score (nSPS) is 30.4. The molecule has 4 rings (SSSR count). The van der Waals surface area contributed by atoms with Gasteiger partial charge in [0.25, 0.3) is 0 Å². The van der Waals surface area contributed by atoms with Crippen LogP contribution >= 0.6 is 11.3 Å². The van der Waals surface area contributed by atoms with Gasteiger partial charge in [-0.2, -0.15) is 0 Å². The molecular weight excluding hydrogens is 372 g/mol. The van der Waals surface area contributed by atoms with Gasteiger partial charge in [-0.25, -0.2) is 4.98 Å². The molecule has 2 bridgehead atoms. The molecule has 0 spiro atoms. The van der Waals surface area contributed by atoms with E-state index in [4.69, 9.17) is 0 Å². The highest BCUT2D eigenvalue weighted by Crippen LogP contribution is 2.41. The molecule has 1 aromatic heterocycles. The smallest absolute Gasteiger partial charge is 0.223 e. The summed E-state index contributed by atoms with van der Waals surface area (Å²) in [6, 6.07) is 0.464. The summed E-state index contributed by atoms with van der Waals surface area (Å²) in [5, 5.41) is 3.12. The predicted octanol–water partition coefficient (Wildman–Crippen LogP) is 2.43. The number of hydrogen-bond donors (Lipinski definition) is 1. The maximum absolute atomic E-state index is 12.8. The number of nitrogens with zero attached hydrogens (tertiary/aromatic N) is 3. The van der Waals surface area contributed by atoms with Crippen molar-refractivity contribution in [1.82, 2.24) is 20.1 Å². The average molecular weight is 405 g/mol. The van der Waals surface area contributed by atoms with Crippen molar-refractivity contribution in [2.75, 3.05) is 19.6 Å². The van der Waals surface area contributed by atoms with E-state index in [1.54, 1.807) is 11.3 Å².